The van der Waals surface area contributed by atoms with Crippen LogP contribution in [0.25, 0.3) is 11.3 Å². The lowest BCUT2D eigenvalue weighted by Gasteiger charge is -2.12. The van der Waals surface area contributed by atoms with E-state index in [1.807, 2.05) is 42.5 Å². The first-order valence-corrected chi connectivity index (χ1v) is 9.40. The number of nitriles is 1. The van der Waals surface area contributed by atoms with Crippen LogP contribution in [0.1, 0.15) is 11.1 Å². The Morgan fingerprint density at radius 3 is 2.47 bits per heavy atom. The lowest BCUT2D eigenvalue weighted by Crippen LogP contribution is -2.07. The maximum Gasteiger partial charge on any atom is 0.225 e. The van der Waals surface area contributed by atoms with Gasteiger partial charge >= 0.3 is 0 Å². The van der Waals surface area contributed by atoms with E-state index in [0.717, 1.165) is 16.9 Å². The molecule has 0 bridgehead atoms. The van der Waals surface area contributed by atoms with E-state index >= 15 is 0 Å². The van der Waals surface area contributed by atoms with Crippen molar-refractivity contribution in [2.45, 2.75) is 6.54 Å². The molecule has 0 amide bonds. The third-order valence-electron chi connectivity index (χ3n) is 4.45. The van der Waals surface area contributed by atoms with Gasteiger partial charge in [-0.2, -0.15) is 10.2 Å². The molecule has 0 saturated heterocycles. The van der Waals surface area contributed by atoms with Crippen molar-refractivity contribution >= 4 is 17.5 Å². The minimum absolute atomic E-state index is 0.258. The van der Waals surface area contributed by atoms with Gasteiger partial charge in [-0.25, -0.2) is 9.37 Å². The molecule has 6 heteroatoms. The van der Waals surface area contributed by atoms with E-state index in [2.05, 4.69) is 26.7 Å². The number of nitrogens with one attached hydrogen (secondary N) is 2. The zero-order valence-electron chi connectivity index (χ0n) is 16.0. The first-order valence-electron chi connectivity index (χ1n) is 9.40. The smallest absolute Gasteiger partial charge is 0.225 e. The molecule has 4 aromatic rings. The van der Waals surface area contributed by atoms with Crippen molar-refractivity contribution in [2.75, 3.05) is 10.6 Å². The van der Waals surface area contributed by atoms with Crippen LogP contribution in [-0.4, -0.2) is 9.97 Å². The summed E-state index contributed by atoms with van der Waals surface area (Å²) in [5.74, 6) is 0.657. The number of benzene rings is 3. The zero-order chi connectivity index (χ0) is 20.8. The van der Waals surface area contributed by atoms with Gasteiger partial charge in [-0.05, 0) is 24.3 Å². The molecule has 0 fully saturated rings. The molecule has 2 N–H and O–H groups in total. The molecule has 1 aromatic heterocycles. The molecule has 0 saturated carbocycles. The minimum Gasteiger partial charge on any atom is -0.350 e. The second kappa shape index (κ2) is 8.84. The molecule has 0 aliphatic heterocycles. The molecular weight excluding hydrogens is 377 g/mol. The second-order valence-electron chi connectivity index (χ2n) is 6.59. The van der Waals surface area contributed by atoms with Crippen molar-refractivity contribution < 1.29 is 4.39 Å². The Bertz CT molecular complexity index is 1200. The van der Waals surface area contributed by atoms with Crippen LogP contribution in [0.15, 0.2) is 84.9 Å². The fourth-order valence-electron chi connectivity index (χ4n) is 2.98. The summed E-state index contributed by atoms with van der Waals surface area (Å²) in [5, 5.41) is 15.5. The number of aromatic nitrogens is 2. The van der Waals surface area contributed by atoms with Gasteiger partial charge in [-0.1, -0.05) is 54.6 Å². The Kier molecular flexibility index (Phi) is 5.63. The van der Waals surface area contributed by atoms with Crippen molar-refractivity contribution in [3.8, 4) is 17.3 Å². The third kappa shape index (κ3) is 4.59. The highest BCUT2D eigenvalue weighted by molar-refractivity contribution is 5.67. The number of nitrogens with zero attached hydrogens (tertiary/aromatic N) is 3. The van der Waals surface area contributed by atoms with E-state index in [1.54, 1.807) is 36.4 Å². The van der Waals surface area contributed by atoms with Crippen LogP contribution in [0.2, 0.25) is 0 Å². The maximum atomic E-state index is 14.0. The SMILES string of the molecule is N#Cc1cccc(Nc2cc(-c3ccccc3)nc(NCc3ccccc3F)n2)c1. The maximum absolute atomic E-state index is 14.0. The number of halogens is 1. The predicted octanol–water partition coefficient (Wildman–Crippen LogP) is 5.51. The average molecular weight is 395 g/mol. The van der Waals surface area contributed by atoms with Gasteiger partial charge in [0.2, 0.25) is 5.95 Å². The first-order chi connectivity index (χ1) is 14.7. The number of hydrogen-bond donors (Lipinski definition) is 2. The lowest BCUT2D eigenvalue weighted by molar-refractivity contribution is 0.612. The van der Waals surface area contributed by atoms with E-state index in [1.165, 1.54) is 6.07 Å². The second-order valence-corrected chi connectivity index (χ2v) is 6.59. The molecule has 0 aliphatic carbocycles. The third-order valence-corrected chi connectivity index (χ3v) is 4.45. The van der Waals surface area contributed by atoms with Crippen LogP contribution in [0, 0.1) is 17.1 Å². The summed E-state index contributed by atoms with van der Waals surface area (Å²) >= 11 is 0. The molecule has 0 unspecified atom stereocenters. The van der Waals surface area contributed by atoms with Crippen molar-refractivity contribution in [2.24, 2.45) is 0 Å². The zero-order valence-corrected chi connectivity index (χ0v) is 16.0. The highest BCUT2D eigenvalue weighted by atomic mass is 19.1. The van der Waals surface area contributed by atoms with Crippen molar-refractivity contribution in [1.82, 2.24) is 9.97 Å². The van der Waals surface area contributed by atoms with E-state index in [9.17, 15) is 4.39 Å². The highest BCUT2D eigenvalue weighted by Gasteiger charge is 2.09. The van der Waals surface area contributed by atoms with Gasteiger partial charge in [0.15, 0.2) is 0 Å². The molecule has 0 aliphatic rings. The summed E-state index contributed by atoms with van der Waals surface area (Å²) in [6.45, 7) is 0.258. The Morgan fingerprint density at radius 2 is 1.67 bits per heavy atom. The molecule has 0 atom stereocenters. The van der Waals surface area contributed by atoms with E-state index in [-0.39, 0.29) is 12.4 Å². The van der Waals surface area contributed by atoms with Gasteiger partial charge in [0, 0.05) is 29.4 Å². The van der Waals surface area contributed by atoms with Crippen LogP contribution in [-0.2, 0) is 6.54 Å². The molecule has 146 valence electrons. The highest BCUT2D eigenvalue weighted by Crippen LogP contribution is 2.24. The predicted molar refractivity (Wildman–Crippen MR) is 116 cm³/mol. The Morgan fingerprint density at radius 1 is 0.867 bits per heavy atom. The molecular formula is C24H18FN5. The average Bonchev–Trinajstić information content (AvgIpc) is 2.79. The van der Waals surface area contributed by atoms with Crippen molar-refractivity contribution in [1.29, 1.82) is 5.26 Å². The molecule has 4 rings (SSSR count). The topological polar surface area (TPSA) is 73.6 Å². The summed E-state index contributed by atoms with van der Waals surface area (Å²) in [6, 6.07) is 27.4. The van der Waals surface area contributed by atoms with Crippen LogP contribution in [0.5, 0.6) is 0 Å². The molecule has 0 radical (unpaired) electrons. The molecule has 3 aromatic carbocycles. The number of hydrogen-bond acceptors (Lipinski definition) is 5. The van der Waals surface area contributed by atoms with E-state index < -0.39 is 0 Å². The van der Waals surface area contributed by atoms with Crippen LogP contribution >= 0.6 is 0 Å². The summed E-state index contributed by atoms with van der Waals surface area (Å²) in [4.78, 5) is 9.10. The summed E-state index contributed by atoms with van der Waals surface area (Å²) in [7, 11) is 0. The Hall–Kier alpha value is -4.24. The van der Waals surface area contributed by atoms with Gasteiger partial charge in [-0.15, -0.1) is 0 Å². The van der Waals surface area contributed by atoms with Crippen LogP contribution in [0.3, 0.4) is 0 Å². The quantitative estimate of drug-likeness (QED) is 0.450. The van der Waals surface area contributed by atoms with Gasteiger partial charge in [0.1, 0.15) is 11.6 Å². The van der Waals surface area contributed by atoms with Crippen molar-refractivity contribution in [3.05, 3.63) is 102 Å². The summed E-state index contributed by atoms with van der Waals surface area (Å²) < 4.78 is 14.0. The Labute approximate surface area is 173 Å². The molecule has 0 spiro atoms. The fraction of sp³-hybridized carbons (Fsp3) is 0.0417. The van der Waals surface area contributed by atoms with Crippen molar-refractivity contribution in [3.63, 3.8) is 0 Å². The van der Waals surface area contributed by atoms with E-state index in [4.69, 9.17) is 5.26 Å². The van der Waals surface area contributed by atoms with Crippen LogP contribution < -0.4 is 10.6 Å². The van der Waals surface area contributed by atoms with Gasteiger partial charge in [0.05, 0.1) is 17.3 Å². The number of anilines is 3. The fourth-order valence-corrected chi connectivity index (χ4v) is 2.98. The molecule has 5 nitrogen and oxygen atoms in total. The Balaban J connectivity index is 1.66. The normalized spacial score (nSPS) is 10.3. The standard InChI is InChI=1S/C24H18FN5/c25-21-12-5-4-10-19(21)16-27-24-29-22(18-8-2-1-3-9-18)14-23(30-24)28-20-11-6-7-17(13-20)15-26/h1-14H,16H2,(H2,27,28,29,30). The van der Waals surface area contributed by atoms with Gasteiger partial charge in [-0.3, -0.25) is 0 Å². The largest absolute Gasteiger partial charge is 0.350 e. The molecule has 1 heterocycles. The summed E-state index contributed by atoms with van der Waals surface area (Å²) in [5.41, 5.74) is 3.48. The summed E-state index contributed by atoms with van der Waals surface area (Å²) in [6.07, 6.45) is 0. The van der Waals surface area contributed by atoms with Gasteiger partial charge < -0.3 is 10.6 Å². The number of rotatable bonds is 6. The first kappa shape index (κ1) is 19.1. The monoisotopic (exact) mass is 395 g/mol. The van der Waals surface area contributed by atoms with Gasteiger partial charge in [0.25, 0.3) is 0 Å². The lowest BCUT2D eigenvalue weighted by atomic mass is 10.1. The van der Waals surface area contributed by atoms with E-state index in [0.29, 0.717) is 22.9 Å². The van der Waals surface area contributed by atoms with Crippen LogP contribution in [0.4, 0.5) is 21.8 Å². The molecule has 30 heavy (non-hydrogen) atoms. The minimum atomic E-state index is -0.282.